The summed E-state index contributed by atoms with van der Waals surface area (Å²) in [6.07, 6.45) is -1.66. The maximum absolute atomic E-state index is 11.8. The summed E-state index contributed by atoms with van der Waals surface area (Å²) in [4.78, 5) is 0. The third-order valence-corrected chi connectivity index (χ3v) is 2.63. The second kappa shape index (κ2) is 5.97. The summed E-state index contributed by atoms with van der Waals surface area (Å²) in [6.45, 7) is 9.09. The Morgan fingerprint density at radius 3 is 2.28 bits per heavy atom. The van der Waals surface area contributed by atoms with Gasteiger partial charge in [-0.3, -0.25) is 0 Å². The molecule has 0 N–H and O–H groups in total. The van der Waals surface area contributed by atoms with E-state index in [1.165, 1.54) is 6.08 Å². The smallest absolute Gasteiger partial charge is 0.400 e. The van der Waals surface area contributed by atoms with Gasteiger partial charge in [0.2, 0.25) is 12.3 Å². The molecule has 0 amide bonds. The van der Waals surface area contributed by atoms with Crippen molar-refractivity contribution in [2.24, 2.45) is 0 Å². The van der Waals surface area contributed by atoms with E-state index in [4.69, 9.17) is 4.18 Å². The standard InChI is InChI=1S/C12H11F3O2S/c1-4-9-8(3)6-7-11(10(9)5-2)16-18-17-12(13,14)15/h4-7H,1-2H2,3H3. The molecule has 1 aromatic rings. The van der Waals surface area contributed by atoms with E-state index in [9.17, 15) is 13.2 Å². The van der Waals surface area contributed by atoms with Crippen LogP contribution in [0.5, 0.6) is 5.75 Å². The predicted octanol–water partition coefficient (Wildman–Crippen LogP) is 4.76. The van der Waals surface area contributed by atoms with Crippen LogP contribution in [0.1, 0.15) is 16.7 Å². The van der Waals surface area contributed by atoms with E-state index >= 15 is 0 Å². The molecule has 0 saturated carbocycles. The first-order chi connectivity index (χ1) is 8.39. The van der Waals surface area contributed by atoms with Crippen LogP contribution in [-0.4, -0.2) is 6.36 Å². The van der Waals surface area contributed by atoms with Gasteiger partial charge in [0.15, 0.2) is 0 Å². The van der Waals surface area contributed by atoms with Gasteiger partial charge in [-0.1, -0.05) is 31.4 Å². The molecular weight excluding hydrogens is 265 g/mol. The van der Waals surface area contributed by atoms with Crippen LogP contribution < -0.4 is 4.18 Å². The summed E-state index contributed by atoms with van der Waals surface area (Å²) in [5, 5.41) is 0. The molecule has 18 heavy (non-hydrogen) atoms. The molecule has 0 unspecified atom stereocenters. The van der Waals surface area contributed by atoms with Crippen molar-refractivity contribution in [2.45, 2.75) is 13.3 Å². The maximum atomic E-state index is 11.8. The SMILES string of the molecule is C=Cc1c(C)ccc(OSOC(F)(F)F)c1C=C. The van der Waals surface area contributed by atoms with E-state index in [2.05, 4.69) is 17.3 Å². The minimum atomic E-state index is -4.75. The van der Waals surface area contributed by atoms with Gasteiger partial charge in [-0.05, 0) is 24.1 Å². The number of aryl methyl sites for hydroxylation is 1. The highest BCUT2D eigenvalue weighted by molar-refractivity contribution is 7.90. The first kappa shape index (κ1) is 14.7. The van der Waals surface area contributed by atoms with Crippen LogP contribution in [0.4, 0.5) is 13.2 Å². The minimum absolute atomic E-state index is 0.139. The Hall–Kier alpha value is -1.40. The Bertz CT molecular complexity index is 455. The Kier molecular flexibility index (Phi) is 4.86. The van der Waals surface area contributed by atoms with E-state index in [0.717, 1.165) is 11.1 Å². The van der Waals surface area contributed by atoms with Crippen molar-refractivity contribution in [1.29, 1.82) is 0 Å². The molecule has 0 atom stereocenters. The molecule has 0 bridgehead atoms. The Morgan fingerprint density at radius 2 is 1.78 bits per heavy atom. The Labute approximate surface area is 108 Å². The first-order valence-electron chi connectivity index (χ1n) is 4.86. The molecule has 0 aromatic heterocycles. The zero-order valence-corrected chi connectivity index (χ0v) is 10.4. The van der Waals surface area contributed by atoms with Crippen LogP contribution in [0.3, 0.4) is 0 Å². The van der Waals surface area contributed by atoms with Gasteiger partial charge in [0.05, 0.1) is 0 Å². The molecule has 1 aromatic carbocycles. The monoisotopic (exact) mass is 276 g/mol. The molecule has 0 heterocycles. The Balaban J connectivity index is 2.89. The highest BCUT2D eigenvalue weighted by atomic mass is 32.2. The molecule has 0 radical (unpaired) electrons. The highest BCUT2D eigenvalue weighted by Gasteiger charge is 2.31. The molecule has 2 nitrogen and oxygen atoms in total. The highest BCUT2D eigenvalue weighted by Crippen LogP contribution is 2.32. The van der Waals surface area contributed by atoms with Gasteiger partial charge in [0.25, 0.3) is 0 Å². The van der Waals surface area contributed by atoms with Crippen LogP contribution in [0.15, 0.2) is 25.3 Å². The fraction of sp³-hybridized carbons (Fsp3) is 0.167. The van der Waals surface area contributed by atoms with Gasteiger partial charge >= 0.3 is 6.36 Å². The Morgan fingerprint density at radius 1 is 1.17 bits per heavy atom. The summed E-state index contributed by atoms with van der Waals surface area (Å²) < 4.78 is 43.7. The second-order valence-corrected chi connectivity index (χ2v) is 3.77. The lowest BCUT2D eigenvalue weighted by Crippen LogP contribution is -2.08. The summed E-state index contributed by atoms with van der Waals surface area (Å²) in [5.74, 6) is 0.236. The summed E-state index contributed by atoms with van der Waals surface area (Å²) >= 11 is -0.139. The van der Waals surface area contributed by atoms with Crippen LogP contribution >= 0.6 is 12.3 Å². The van der Waals surface area contributed by atoms with Crippen molar-refractivity contribution < 1.29 is 21.5 Å². The van der Waals surface area contributed by atoms with Crippen molar-refractivity contribution >= 4 is 24.5 Å². The summed E-state index contributed by atoms with van der Waals surface area (Å²) in [6, 6.07) is 3.26. The van der Waals surface area contributed by atoms with Gasteiger partial charge in [0.1, 0.15) is 5.75 Å². The van der Waals surface area contributed by atoms with Crippen molar-refractivity contribution in [3.05, 3.63) is 42.0 Å². The fourth-order valence-corrected chi connectivity index (χ4v) is 1.70. The summed E-state index contributed by atoms with van der Waals surface area (Å²) in [7, 11) is 0. The number of hydrogen-bond donors (Lipinski definition) is 0. The fourth-order valence-electron chi connectivity index (χ4n) is 1.37. The van der Waals surface area contributed by atoms with Gasteiger partial charge < -0.3 is 4.18 Å². The molecule has 1 rings (SSSR count). The third kappa shape index (κ3) is 3.82. The third-order valence-electron chi connectivity index (χ3n) is 2.13. The molecule has 6 heteroatoms. The number of rotatable bonds is 5. The zero-order chi connectivity index (χ0) is 13.8. The molecule has 0 spiro atoms. The van der Waals surface area contributed by atoms with Gasteiger partial charge in [0, 0.05) is 5.56 Å². The first-order valence-corrected chi connectivity index (χ1v) is 5.53. The van der Waals surface area contributed by atoms with E-state index in [0.29, 0.717) is 5.56 Å². The largest absolute Gasteiger partial charge is 0.536 e. The molecule has 0 aliphatic rings. The lowest BCUT2D eigenvalue weighted by atomic mass is 10.0. The second-order valence-electron chi connectivity index (χ2n) is 3.30. The molecular formula is C12H11F3O2S. The van der Waals surface area contributed by atoms with E-state index in [1.807, 2.05) is 6.92 Å². The minimum Gasteiger partial charge on any atom is -0.400 e. The van der Waals surface area contributed by atoms with Gasteiger partial charge in [-0.15, -0.1) is 13.2 Å². The molecule has 0 saturated heterocycles. The molecule has 98 valence electrons. The average Bonchev–Trinajstić information content (AvgIpc) is 2.28. The molecule has 0 fully saturated rings. The number of benzene rings is 1. The normalized spacial score (nSPS) is 11.1. The molecule has 0 aliphatic carbocycles. The quantitative estimate of drug-likeness (QED) is 0.722. The lowest BCUT2D eigenvalue weighted by Gasteiger charge is -2.12. The summed E-state index contributed by atoms with van der Waals surface area (Å²) in [5.41, 5.74) is 2.26. The van der Waals surface area contributed by atoms with Gasteiger partial charge in [-0.25, -0.2) is 0 Å². The van der Waals surface area contributed by atoms with E-state index in [1.54, 1.807) is 18.2 Å². The predicted molar refractivity (Wildman–Crippen MR) is 66.7 cm³/mol. The number of hydrogen-bond acceptors (Lipinski definition) is 3. The van der Waals surface area contributed by atoms with Crippen LogP contribution in [0.25, 0.3) is 12.2 Å². The van der Waals surface area contributed by atoms with Crippen LogP contribution in [0, 0.1) is 6.92 Å². The van der Waals surface area contributed by atoms with Crippen molar-refractivity contribution in [3.8, 4) is 5.75 Å². The van der Waals surface area contributed by atoms with Gasteiger partial charge in [-0.2, -0.15) is 4.18 Å². The van der Waals surface area contributed by atoms with Crippen molar-refractivity contribution in [3.63, 3.8) is 0 Å². The van der Waals surface area contributed by atoms with Crippen LogP contribution in [-0.2, 0) is 4.18 Å². The van der Waals surface area contributed by atoms with E-state index < -0.39 is 6.36 Å². The molecule has 0 aliphatic heterocycles. The number of halogens is 3. The number of alkyl halides is 3. The lowest BCUT2D eigenvalue weighted by molar-refractivity contribution is -0.268. The van der Waals surface area contributed by atoms with E-state index in [-0.39, 0.29) is 18.1 Å². The van der Waals surface area contributed by atoms with Crippen LogP contribution in [0.2, 0.25) is 0 Å². The maximum Gasteiger partial charge on any atom is 0.536 e. The zero-order valence-electron chi connectivity index (χ0n) is 9.58. The van der Waals surface area contributed by atoms with Crippen molar-refractivity contribution in [1.82, 2.24) is 0 Å². The topological polar surface area (TPSA) is 18.5 Å². The van der Waals surface area contributed by atoms with Crippen molar-refractivity contribution in [2.75, 3.05) is 0 Å². The average molecular weight is 276 g/mol.